The zero-order chi connectivity index (χ0) is 15.7. The van der Waals surface area contributed by atoms with Crippen molar-refractivity contribution < 1.29 is 4.79 Å². The lowest BCUT2D eigenvalue weighted by Crippen LogP contribution is -2.28. The van der Waals surface area contributed by atoms with E-state index < -0.39 is 0 Å². The standard InChI is InChI=1S/C18H36N2O/c1-14(2)17(9-11-19)7-8-18(21)20-12-10-16-6-4-5-15(3)13-16/h14-17H,4-13,19H2,1-3H3,(H,20,21). The smallest absolute Gasteiger partial charge is 0.220 e. The Balaban J connectivity index is 2.13. The number of nitrogens with two attached hydrogens (primary N) is 1. The Hall–Kier alpha value is -0.570. The zero-order valence-electron chi connectivity index (χ0n) is 14.4. The monoisotopic (exact) mass is 296 g/mol. The Labute approximate surface area is 131 Å². The molecule has 1 fully saturated rings. The second-order valence-corrected chi connectivity index (χ2v) is 7.40. The second-order valence-electron chi connectivity index (χ2n) is 7.40. The molecule has 0 bridgehead atoms. The number of nitrogens with one attached hydrogen (secondary N) is 1. The highest BCUT2D eigenvalue weighted by Gasteiger charge is 2.19. The zero-order valence-corrected chi connectivity index (χ0v) is 14.4. The molecule has 0 aromatic carbocycles. The molecule has 0 saturated heterocycles. The highest BCUT2D eigenvalue weighted by Crippen LogP contribution is 2.30. The van der Waals surface area contributed by atoms with E-state index in [0.717, 1.165) is 44.2 Å². The Kier molecular flexibility index (Phi) is 8.98. The van der Waals surface area contributed by atoms with Crippen LogP contribution in [0.3, 0.4) is 0 Å². The van der Waals surface area contributed by atoms with Crippen molar-refractivity contribution in [3.63, 3.8) is 0 Å². The van der Waals surface area contributed by atoms with Crippen LogP contribution in [0.25, 0.3) is 0 Å². The lowest BCUT2D eigenvalue weighted by atomic mass is 9.81. The third-order valence-corrected chi connectivity index (χ3v) is 5.14. The van der Waals surface area contributed by atoms with Gasteiger partial charge < -0.3 is 11.1 Å². The van der Waals surface area contributed by atoms with Crippen LogP contribution in [0.5, 0.6) is 0 Å². The molecular formula is C18H36N2O. The van der Waals surface area contributed by atoms with Crippen LogP contribution in [0.2, 0.25) is 0 Å². The summed E-state index contributed by atoms with van der Waals surface area (Å²) in [4.78, 5) is 11.9. The first kappa shape index (κ1) is 18.5. The van der Waals surface area contributed by atoms with Gasteiger partial charge in [-0.2, -0.15) is 0 Å². The van der Waals surface area contributed by atoms with Crippen molar-refractivity contribution >= 4 is 5.91 Å². The summed E-state index contributed by atoms with van der Waals surface area (Å²) >= 11 is 0. The number of hydrogen-bond donors (Lipinski definition) is 2. The highest BCUT2D eigenvalue weighted by atomic mass is 16.1. The van der Waals surface area contributed by atoms with Crippen molar-refractivity contribution in [1.82, 2.24) is 5.32 Å². The quantitative estimate of drug-likeness (QED) is 0.681. The van der Waals surface area contributed by atoms with Gasteiger partial charge in [0.05, 0.1) is 0 Å². The van der Waals surface area contributed by atoms with E-state index in [1.54, 1.807) is 0 Å². The van der Waals surface area contributed by atoms with Crippen molar-refractivity contribution in [1.29, 1.82) is 0 Å². The lowest BCUT2D eigenvalue weighted by molar-refractivity contribution is -0.121. The summed E-state index contributed by atoms with van der Waals surface area (Å²) in [6.45, 7) is 8.39. The molecule has 0 aliphatic heterocycles. The molecule has 3 heteroatoms. The van der Waals surface area contributed by atoms with Crippen molar-refractivity contribution in [3.8, 4) is 0 Å². The first-order chi connectivity index (χ1) is 10.0. The van der Waals surface area contributed by atoms with Gasteiger partial charge >= 0.3 is 0 Å². The number of hydrogen-bond acceptors (Lipinski definition) is 2. The molecule has 3 N–H and O–H groups in total. The number of carbonyl (C=O) groups excluding carboxylic acids is 1. The van der Waals surface area contributed by atoms with Gasteiger partial charge in [0.25, 0.3) is 0 Å². The highest BCUT2D eigenvalue weighted by molar-refractivity contribution is 5.75. The molecule has 1 saturated carbocycles. The average Bonchev–Trinajstić information content (AvgIpc) is 2.43. The van der Waals surface area contributed by atoms with Crippen molar-refractivity contribution in [2.24, 2.45) is 29.4 Å². The van der Waals surface area contributed by atoms with Gasteiger partial charge in [0.15, 0.2) is 0 Å². The van der Waals surface area contributed by atoms with Crippen molar-refractivity contribution in [2.75, 3.05) is 13.1 Å². The molecule has 3 unspecified atom stereocenters. The van der Waals surface area contributed by atoms with E-state index in [4.69, 9.17) is 5.73 Å². The average molecular weight is 296 g/mol. The van der Waals surface area contributed by atoms with Crippen LogP contribution in [0, 0.1) is 23.7 Å². The van der Waals surface area contributed by atoms with Crippen LogP contribution in [0.1, 0.15) is 72.1 Å². The van der Waals surface area contributed by atoms with E-state index in [-0.39, 0.29) is 5.91 Å². The molecule has 21 heavy (non-hydrogen) atoms. The molecule has 1 aliphatic rings. The Morgan fingerprint density at radius 3 is 2.67 bits per heavy atom. The van der Waals surface area contributed by atoms with Crippen LogP contribution >= 0.6 is 0 Å². The van der Waals surface area contributed by atoms with Gasteiger partial charge in [-0.15, -0.1) is 0 Å². The van der Waals surface area contributed by atoms with Gasteiger partial charge in [-0.1, -0.05) is 40.0 Å². The topological polar surface area (TPSA) is 55.1 Å². The predicted octanol–water partition coefficient (Wildman–Crippen LogP) is 3.72. The summed E-state index contributed by atoms with van der Waals surface area (Å²) in [6.07, 6.45) is 9.28. The maximum Gasteiger partial charge on any atom is 0.220 e. The van der Waals surface area contributed by atoms with E-state index in [2.05, 4.69) is 26.1 Å². The first-order valence-corrected chi connectivity index (χ1v) is 8.99. The van der Waals surface area contributed by atoms with Gasteiger partial charge in [0, 0.05) is 13.0 Å². The van der Waals surface area contributed by atoms with E-state index in [1.165, 1.54) is 25.7 Å². The van der Waals surface area contributed by atoms with E-state index in [1.807, 2.05) is 0 Å². The lowest BCUT2D eigenvalue weighted by Gasteiger charge is -2.26. The summed E-state index contributed by atoms with van der Waals surface area (Å²) in [5.41, 5.74) is 5.65. The van der Waals surface area contributed by atoms with Gasteiger partial charge in [-0.05, 0) is 55.9 Å². The van der Waals surface area contributed by atoms with E-state index in [9.17, 15) is 4.79 Å². The molecule has 1 rings (SSSR count). The third-order valence-electron chi connectivity index (χ3n) is 5.14. The maximum atomic E-state index is 11.9. The van der Waals surface area contributed by atoms with Crippen LogP contribution in [0.15, 0.2) is 0 Å². The molecule has 0 spiro atoms. The molecule has 3 nitrogen and oxygen atoms in total. The largest absolute Gasteiger partial charge is 0.356 e. The summed E-state index contributed by atoms with van der Waals surface area (Å²) in [7, 11) is 0. The molecule has 1 aliphatic carbocycles. The minimum absolute atomic E-state index is 0.224. The first-order valence-electron chi connectivity index (χ1n) is 8.99. The van der Waals surface area contributed by atoms with Gasteiger partial charge in [-0.25, -0.2) is 0 Å². The Bertz CT molecular complexity index is 291. The van der Waals surface area contributed by atoms with Crippen LogP contribution in [0.4, 0.5) is 0 Å². The summed E-state index contributed by atoms with van der Waals surface area (Å²) in [5.74, 6) is 3.13. The van der Waals surface area contributed by atoms with Crippen LogP contribution in [-0.2, 0) is 4.79 Å². The molecular weight excluding hydrogens is 260 g/mol. The molecule has 0 heterocycles. The minimum atomic E-state index is 0.224. The fourth-order valence-electron chi connectivity index (χ4n) is 3.67. The number of rotatable bonds is 9. The van der Waals surface area contributed by atoms with Crippen LogP contribution in [-0.4, -0.2) is 19.0 Å². The summed E-state index contributed by atoms with van der Waals surface area (Å²) in [6, 6.07) is 0. The molecule has 3 atom stereocenters. The van der Waals surface area contributed by atoms with E-state index in [0.29, 0.717) is 18.3 Å². The molecule has 0 aromatic rings. The van der Waals surface area contributed by atoms with Crippen molar-refractivity contribution in [2.45, 2.75) is 72.1 Å². The molecule has 124 valence electrons. The Morgan fingerprint density at radius 1 is 1.29 bits per heavy atom. The molecule has 0 aromatic heterocycles. The second kappa shape index (κ2) is 10.2. The minimum Gasteiger partial charge on any atom is -0.356 e. The molecule has 1 amide bonds. The molecule has 0 radical (unpaired) electrons. The fourth-order valence-corrected chi connectivity index (χ4v) is 3.67. The van der Waals surface area contributed by atoms with Crippen LogP contribution < -0.4 is 11.1 Å². The predicted molar refractivity (Wildman–Crippen MR) is 90.0 cm³/mol. The third kappa shape index (κ3) is 7.85. The van der Waals surface area contributed by atoms with Gasteiger partial charge in [0.2, 0.25) is 5.91 Å². The number of amides is 1. The maximum absolute atomic E-state index is 11.9. The van der Waals surface area contributed by atoms with Gasteiger partial charge in [-0.3, -0.25) is 4.79 Å². The summed E-state index contributed by atoms with van der Waals surface area (Å²) in [5, 5.41) is 3.11. The fraction of sp³-hybridized carbons (Fsp3) is 0.944. The van der Waals surface area contributed by atoms with Gasteiger partial charge in [0.1, 0.15) is 0 Å². The summed E-state index contributed by atoms with van der Waals surface area (Å²) < 4.78 is 0. The SMILES string of the molecule is CC1CCCC(CCNC(=O)CCC(CCN)C(C)C)C1. The number of carbonyl (C=O) groups is 1. The van der Waals surface area contributed by atoms with Crippen molar-refractivity contribution in [3.05, 3.63) is 0 Å². The normalized spacial score (nSPS) is 24.0. The Morgan fingerprint density at radius 2 is 2.05 bits per heavy atom. The van der Waals surface area contributed by atoms with E-state index >= 15 is 0 Å².